The first-order chi connectivity index (χ1) is 64.2. The van der Waals surface area contributed by atoms with Crippen LogP contribution < -0.4 is 0 Å². The predicted octanol–water partition coefficient (Wildman–Crippen LogP) is 21.5. The summed E-state index contributed by atoms with van der Waals surface area (Å²) in [6.07, 6.45) is 36.4. The number of carbonyl (C=O) groups is 5. The van der Waals surface area contributed by atoms with E-state index in [0.29, 0.717) is 91.3 Å². The van der Waals surface area contributed by atoms with Crippen molar-refractivity contribution in [1.29, 1.82) is 0 Å². The third kappa shape index (κ3) is 32.2. The molecule has 1 unspecified atom stereocenters. The van der Waals surface area contributed by atoms with Crippen LogP contribution >= 0.6 is 0 Å². The molecule has 4 aliphatic rings. The monoisotopic (exact) mass is 1790 g/mol. The summed E-state index contributed by atoms with van der Waals surface area (Å²) in [4.78, 5) is 85.3. The third-order valence-corrected chi connectivity index (χ3v) is 20.8. The minimum Gasteiger partial charge on any atom is -0.508 e. The highest BCUT2D eigenvalue weighted by Gasteiger charge is 2.30. The Morgan fingerprint density at radius 3 is 0.970 bits per heavy atom. The van der Waals surface area contributed by atoms with Gasteiger partial charge in [-0.05, 0) is 171 Å². The maximum Gasteiger partial charge on any atom is 0.346 e. The van der Waals surface area contributed by atoms with Crippen molar-refractivity contribution in [3.8, 4) is 46.0 Å². The van der Waals surface area contributed by atoms with Gasteiger partial charge >= 0.3 is 29.8 Å². The maximum atomic E-state index is 13.3. The number of hydrogen-bond acceptors (Lipinski definition) is 26. The van der Waals surface area contributed by atoms with Crippen molar-refractivity contribution < 1.29 is 108 Å². The molecule has 4 aliphatic heterocycles. The van der Waals surface area contributed by atoms with E-state index in [4.69, 9.17) is 38.3 Å². The van der Waals surface area contributed by atoms with Crippen molar-refractivity contribution in [2.45, 2.75) is 160 Å². The number of aromatic hydroxyl groups is 8. The summed E-state index contributed by atoms with van der Waals surface area (Å²) in [5.41, 5.74) is 8.19. The molecule has 13 rings (SSSR count). The molecule has 0 saturated carbocycles. The average Bonchev–Trinajstić information content (AvgIpc) is 0.820. The molecular formula is C106H112N4O22. The van der Waals surface area contributed by atoms with Crippen molar-refractivity contribution in [3.05, 3.63) is 358 Å². The smallest absolute Gasteiger partial charge is 0.346 e. The standard InChI is InChI=1S/C30H29NO5.C26H27NO7.C25H29NO5.C25H27NO5/c32-26-19-24-18-25(31-35-21-22-12-6-4-7-13-22)16-10-2-1-3-11-17-28(23-14-8-5-9-15-23)36-30(34)29(24)27(33)20-26;1-32-24(30)17-33-27-20-12-8-3-2-4-9-13-23(18-10-6-5-7-11-18)34-26(31)25-19(14-20)15-21(28)16-22(25)29;2*1-2-30-26-20-13-9-4-3-5-10-14-23(18-11-7-6-8-12-18)31-25(29)24-19(15-20)16-21(27)17-22(24)28/h3-16,19-20,28,32-33H,1-2,17-18,21H2;4-12,15-16,23,28-29H,2-3,13-14,17H2,1H3;5-8,10-12,16-17,23,27-28H,2-4,9,13-15H2,1H3;5-13,16-17,23,27-28H,2-4,14-15H2,1H3/b11-3+,16-10+,31-25?;9-4+,12-8+,27-20?;10-5+,26-20?;10-5+,13-9+,26-20?/t28-;23-;;23-/m10.0/s1. The molecule has 26 nitrogen and oxygen atoms in total. The van der Waals surface area contributed by atoms with E-state index in [-0.39, 0.29) is 94.8 Å². The van der Waals surface area contributed by atoms with E-state index in [1.807, 2.05) is 226 Å². The van der Waals surface area contributed by atoms with E-state index in [1.54, 1.807) is 6.08 Å². The Balaban J connectivity index is 0.000000183. The normalized spacial score (nSPS) is 20.1. The van der Waals surface area contributed by atoms with Crippen LogP contribution in [0.15, 0.2) is 306 Å². The van der Waals surface area contributed by atoms with Gasteiger partial charge < -0.3 is 83.9 Å². The van der Waals surface area contributed by atoms with Gasteiger partial charge in [0.1, 0.15) is 112 Å². The van der Waals surface area contributed by atoms with Crippen molar-refractivity contribution in [2.24, 2.45) is 20.6 Å². The lowest BCUT2D eigenvalue weighted by Gasteiger charge is -2.19. The van der Waals surface area contributed by atoms with Crippen LogP contribution in [-0.2, 0) is 80.1 Å². The number of phenols is 8. The van der Waals surface area contributed by atoms with Crippen LogP contribution in [0.1, 0.15) is 220 Å². The largest absolute Gasteiger partial charge is 0.508 e. The molecule has 26 heteroatoms. The molecule has 0 amide bonds. The molecular weight excluding hydrogens is 1680 g/mol. The Morgan fingerprint density at radius 2 is 0.636 bits per heavy atom. The topological polar surface area (TPSA) is 380 Å². The summed E-state index contributed by atoms with van der Waals surface area (Å²) in [6, 6.07) is 57.8. The second kappa shape index (κ2) is 53.6. The lowest BCUT2D eigenvalue weighted by molar-refractivity contribution is -0.145. The molecule has 8 N–H and O–H groups in total. The second-order valence-electron chi connectivity index (χ2n) is 30.8. The summed E-state index contributed by atoms with van der Waals surface area (Å²) in [6.45, 7) is 4.43. The van der Waals surface area contributed by atoms with Crippen LogP contribution in [0.25, 0.3) is 0 Å². The molecule has 0 spiro atoms. The molecule has 688 valence electrons. The van der Waals surface area contributed by atoms with Crippen LogP contribution in [0.2, 0.25) is 0 Å². The molecule has 0 fully saturated rings. The molecule has 132 heavy (non-hydrogen) atoms. The zero-order valence-corrected chi connectivity index (χ0v) is 74.1. The molecule has 4 atom stereocenters. The van der Waals surface area contributed by atoms with E-state index in [0.717, 1.165) is 116 Å². The number of oxime groups is 4. The number of cyclic esters (lactones) is 4. The Hall–Kier alpha value is -15.2. The maximum absolute atomic E-state index is 13.3. The van der Waals surface area contributed by atoms with Gasteiger partial charge in [0.2, 0.25) is 6.61 Å². The number of hydrogen-bond donors (Lipinski definition) is 8. The highest BCUT2D eigenvalue weighted by atomic mass is 16.7. The number of allylic oxidation sites excluding steroid dienone is 10. The van der Waals surface area contributed by atoms with E-state index in [9.17, 15) is 64.8 Å². The summed E-state index contributed by atoms with van der Waals surface area (Å²) in [5, 5.41) is 98.9. The Morgan fingerprint density at radius 1 is 0.341 bits per heavy atom. The summed E-state index contributed by atoms with van der Waals surface area (Å²) < 4.78 is 27.9. The van der Waals surface area contributed by atoms with Crippen LogP contribution in [0, 0.1) is 0 Å². The van der Waals surface area contributed by atoms with Gasteiger partial charge in [-0.25, -0.2) is 24.0 Å². The number of fused-ring (bicyclic) bond motifs is 4. The minimum atomic E-state index is -0.731. The van der Waals surface area contributed by atoms with Crippen molar-refractivity contribution in [2.75, 3.05) is 26.9 Å². The molecule has 0 saturated heterocycles. The van der Waals surface area contributed by atoms with Gasteiger partial charge in [-0.15, -0.1) is 0 Å². The van der Waals surface area contributed by atoms with Crippen molar-refractivity contribution in [3.63, 3.8) is 0 Å². The number of esters is 5. The molecule has 9 aromatic carbocycles. The number of carbonyl (C=O) groups excluding carboxylic acids is 5. The first-order valence-electron chi connectivity index (χ1n) is 43.9. The van der Waals surface area contributed by atoms with Gasteiger partial charge in [0.15, 0.2) is 0 Å². The van der Waals surface area contributed by atoms with Crippen LogP contribution in [0.5, 0.6) is 46.0 Å². The fourth-order valence-corrected chi connectivity index (χ4v) is 14.4. The Bertz CT molecular complexity index is 5630. The van der Waals surface area contributed by atoms with Gasteiger partial charge in [0.05, 0.1) is 30.0 Å². The molecule has 0 aliphatic carbocycles. The van der Waals surface area contributed by atoms with E-state index < -0.39 is 60.0 Å². The first kappa shape index (κ1) is 99.0. The van der Waals surface area contributed by atoms with E-state index in [1.165, 1.54) is 31.4 Å². The lowest BCUT2D eigenvalue weighted by atomic mass is 9.97. The fraction of sp³-hybridized carbons (Fsp3) is 0.274. The fourth-order valence-electron chi connectivity index (χ4n) is 14.4. The number of rotatable bonds is 14. The first-order valence-corrected chi connectivity index (χ1v) is 43.9. The number of phenolic OH excluding ortho intramolecular Hbond substituents is 8. The SMILES string of the molecule is CCON=C1/C=C/CC/C=C/C[C@@H](c2ccccc2)OC(=O)c2c(O)cc(O)cc2C1.CCON=C1CCCC/C=C/CC(c2ccccc2)OC(=O)c2c(O)cc(O)cc2C1.COC(=O)CON=C1/C=C/CC/C=C/C[C@@H](c2ccccc2)OC(=O)c2c(O)cc(O)cc2C1.O=C1O[C@@H](c2ccccc2)C/C=C/CC/C=C/C(=NOCc2ccccc2)Cc2cc(O)cc(O)c21. The van der Waals surface area contributed by atoms with Gasteiger partial charge in [0, 0.05) is 75.6 Å². The predicted molar refractivity (Wildman–Crippen MR) is 503 cm³/mol. The van der Waals surface area contributed by atoms with Crippen LogP contribution in [0.4, 0.5) is 0 Å². The average molecular weight is 1790 g/mol. The van der Waals surface area contributed by atoms with Crippen molar-refractivity contribution in [1.82, 2.24) is 0 Å². The van der Waals surface area contributed by atoms with Crippen LogP contribution in [-0.4, -0.2) is 120 Å². The van der Waals surface area contributed by atoms with E-state index >= 15 is 0 Å². The number of benzene rings is 9. The van der Waals surface area contributed by atoms with Gasteiger partial charge in [0.25, 0.3) is 0 Å². The van der Waals surface area contributed by atoms with Crippen molar-refractivity contribution >= 4 is 52.7 Å². The number of nitrogens with zero attached hydrogens (tertiary/aromatic N) is 4. The second-order valence-corrected chi connectivity index (χ2v) is 30.8. The molecule has 0 radical (unpaired) electrons. The zero-order valence-electron chi connectivity index (χ0n) is 74.1. The zero-order chi connectivity index (χ0) is 93.6. The minimum absolute atomic E-state index is 0.000991. The summed E-state index contributed by atoms with van der Waals surface area (Å²) >= 11 is 0. The van der Waals surface area contributed by atoms with E-state index in [2.05, 4.69) is 43.6 Å². The molecule has 9 aromatic rings. The number of ether oxygens (including phenoxy) is 5. The Kier molecular flexibility index (Phi) is 40.1. The van der Waals surface area contributed by atoms with Crippen LogP contribution in [0.3, 0.4) is 0 Å². The van der Waals surface area contributed by atoms with Gasteiger partial charge in [-0.2, -0.15) is 0 Å². The lowest BCUT2D eigenvalue weighted by Crippen LogP contribution is -2.16. The molecule has 0 aromatic heterocycles. The van der Waals surface area contributed by atoms with Gasteiger partial charge in [-0.1, -0.05) is 239 Å². The summed E-state index contributed by atoms with van der Waals surface area (Å²) in [5.74, 6) is -5.34. The molecule has 4 heterocycles. The van der Waals surface area contributed by atoms with Gasteiger partial charge in [-0.3, -0.25) is 0 Å². The molecule has 0 bridgehead atoms. The quantitative estimate of drug-likeness (QED) is 0.0217. The Labute approximate surface area is 768 Å². The summed E-state index contributed by atoms with van der Waals surface area (Å²) in [7, 11) is 1.24. The number of methoxy groups -OCH3 is 1. The highest BCUT2D eigenvalue weighted by molar-refractivity contribution is 6.03. The highest BCUT2D eigenvalue weighted by Crippen LogP contribution is 2.38. The third-order valence-electron chi connectivity index (χ3n) is 20.8.